The maximum atomic E-state index is 13.4. The second-order valence-electron chi connectivity index (χ2n) is 7.27. The molecule has 3 N–H and O–H groups in total. The Hall–Kier alpha value is -4.74. The highest BCUT2D eigenvalue weighted by molar-refractivity contribution is 5.99. The molecule has 0 atom stereocenters. The molecule has 0 spiro atoms. The van der Waals surface area contributed by atoms with Crippen LogP contribution in [0.4, 0.5) is 39.7 Å². The lowest BCUT2D eigenvalue weighted by Gasteiger charge is -2.12. The third kappa shape index (κ3) is 5.84. The number of nitrogens with one attached hydrogen (secondary N) is 3. The van der Waals surface area contributed by atoms with Crippen molar-refractivity contribution in [3.05, 3.63) is 84.4 Å². The van der Waals surface area contributed by atoms with Crippen molar-refractivity contribution in [1.29, 1.82) is 0 Å². The lowest BCUT2D eigenvalue weighted by Crippen LogP contribution is -2.20. The van der Waals surface area contributed by atoms with Crippen LogP contribution in [0.1, 0.15) is 5.56 Å². The van der Waals surface area contributed by atoms with Crippen LogP contribution in [0.15, 0.2) is 73.1 Å². The molecule has 4 aromatic rings. The smallest absolute Gasteiger partial charge is 0.419 e. The first kappa shape index (κ1) is 24.4. The number of alkyl halides is 3. The molecule has 0 aliphatic heterocycles. The molecule has 0 saturated carbocycles. The van der Waals surface area contributed by atoms with Crippen molar-refractivity contribution in [2.24, 2.45) is 0 Å². The molecule has 0 bridgehead atoms. The van der Waals surface area contributed by atoms with Crippen LogP contribution in [0.3, 0.4) is 0 Å². The van der Waals surface area contributed by atoms with Gasteiger partial charge in [-0.05, 0) is 60.7 Å². The fraction of sp³-hybridized carbons (Fsp3) is 0.0833. The molecule has 0 fully saturated rings. The highest BCUT2D eigenvalue weighted by atomic mass is 19.4. The first-order chi connectivity index (χ1) is 17.2. The van der Waals surface area contributed by atoms with Gasteiger partial charge in [-0.2, -0.15) is 13.2 Å². The Kier molecular flexibility index (Phi) is 6.95. The molecule has 8 nitrogen and oxygen atoms in total. The van der Waals surface area contributed by atoms with Crippen molar-refractivity contribution >= 4 is 23.4 Å². The fourth-order valence-electron chi connectivity index (χ4n) is 3.13. The zero-order chi connectivity index (χ0) is 25.7. The van der Waals surface area contributed by atoms with E-state index >= 15 is 0 Å². The summed E-state index contributed by atoms with van der Waals surface area (Å²) < 4.78 is 57.9. The minimum Gasteiger partial charge on any atom is -0.438 e. The van der Waals surface area contributed by atoms with Crippen molar-refractivity contribution in [2.45, 2.75) is 6.18 Å². The van der Waals surface area contributed by atoms with E-state index in [2.05, 4.69) is 30.9 Å². The second kappa shape index (κ2) is 10.3. The van der Waals surface area contributed by atoms with Crippen LogP contribution in [0.2, 0.25) is 0 Å². The maximum absolute atomic E-state index is 13.4. The number of pyridine rings is 1. The number of rotatable bonds is 6. The molecule has 2 aromatic heterocycles. The quantitative estimate of drug-likeness (QED) is 0.275. The Balaban J connectivity index is 1.43. The number of urea groups is 1. The summed E-state index contributed by atoms with van der Waals surface area (Å²) in [4.78, 5) is 24.9. The van der Waals surface area contributed by atoms with E-state index in [0.717, 1.165) is 6.07 Å². The van der Waals surface area contributed by atoms with E-state index in [1.54, 1.807) is 49.8 Å². The van der Waals surface area contributed by atoms with Gasteiger partial charge in [-0.15, -0.1) is 0 Å². The minimum absolute atomic E-state index is 0.213. The van der Waals surface area contributed by atoms with Crippen LogP contribution in [-0.4, -0.2) is 28.0 Å². The molecule has 0 aliphatic carbocycles. The van der Waals surface area contributed by atoms with Gasteiger partial charge in [0.25, 0.3) is 0 Å². The number of hydrogen-bond donors (Lipinski definition) is 3. The summed E-state index contributed by atoms with van der Waals surface area (Å²) in [6.07, 6.45) is -1.71. The molecule has 184 valence electrons. The van der Waals surface area contributed by atoms with Crippen LogP contribution < -0.4 is 20.7 Å². The Labute approximate surface area is 202 Å². The Morgan fingerprint density at radius 2 is 1.64 bits per heavy atom. The zero-order valence-electron chi connectivity index (χ0n) is 18.6. The molecule has 0 unspecified atom stereocenters. The van der Waals surface area contributed by atoms with E-state index < -0.39 is 23.6 Å². The summed E-state index contributed by atoms with van der Waals surface area (Å²) in [6.45, 7) is 0. The van der Waals surface area contributed by atoms with Crippen molar-refractivity contribution in [1.82, 2.24) is 15.0 Å². The van der Waals surface area contributed by atoms with E-state index in [1.807, 2.05) is 0 Å². The largest absolute Gasteiger partial charge is 0.438 e. The Bertz CT molecular complexity index is 1380. The van der Waals surface area contributed by atoms with Gasteiger partial charge >= 0.3 is 12.2 Å². The standard InChI is InChI=1S/C24H18F4N6O2/c1-29-22-31-12-10-20(34-22)17-3-2-11-30-21(17)36-16-7-4-14(5-8-16)32-23(35)33-15-6-9-19(25)18(13-15)24(26,27)28/h2-13H,1H3,(H,29,31,34)(H2,32,33,35). The van der Waals surface area contributed by atoms with E-state index in [1.165, 1.54) is 12.1 Å². The van der Waals surface area contributed by atoms with Crippen LogP contribution in [0.5, 0.6) is 11.6 Å². The lowest BCUT2D eigenvalue weighted by atomic mass is 10.2. The summed E-state index contributed by atoms with van der Waals surface area (Å²) >= 11 is 0. The van der Waals surface area contributed by atoms with Gasteiger partial charge in [0, 0.05) is 30.8 Å². The Morgan fingerprint density at radius 3 is 2.36 bits per heavy atom. The molecule has 36 heavy (non-hydrogen) atoms. The van der Waals surface area contributed by atoms with E-state index in [9.17, 15) is 22.4 Å². The number of halogens is 4. The van der Waals surface area contributed by atoms with Gasteiger partial charge in [0.2, 0.25) is 11.8 Å². The van der Waals surface area contributed by atoms with Gasteiger partial charge in [0.05, 0.1) is 16.8 Å². The first-order valence-electron chi connectivity index (χ1n) is 10.4. The molecule has 0 radical (unpaired) electrons. The Morgan fingerprint density at radius 1 is 0.917 bits per heavy atom. The molecule has 2 amide bonds. The van der Waals surface area contributed by atoms with Gasteiger partial charge in [-0.1, -0.05) is 0 Å². The summed E-state index contributed by atoms with van der Waals surface area (Å²) in [5.41, 5.74) is -0.110. The van der Waals surface area contributed by atoms with Crippen LogP contribution in [-0.2, 0) is 6.18 Å². The number of anilines is 3. The molecule has 2 aromatic carbocycles. The normalized spacial score (nSPS) is 11.0. The van der Waals surface area contributed by atoms with Gasteiger partial charge in [0.15, 0.2) is 0 Å². The lowest BCUT2D eigenvalue weighted by molar-refractivity contribution is -0.139. The third-order valence-electron chi connectivity index (χ3n) is 4.78. The highest BCUT2D eigenvalue weighted by Crippen LogP contribution is 2.33. The molecular formula is C24H18F4N6O2. The molecule has 12 heteroatoms. The fourth-order valence-corrected chi connectivity index (χ4v) is 3.13. The highest BCUT2D eigenvalue weighted by Gasteiger charge is 2.34. The third-order valence-corrected chi connectivity index (χ3v) is 4.78. The van der Waals surface area contributed by atoms with Crippen molar-refractivity contribution in [3.8, 4) is 22.9 Å². The molecule has 0 aliphatic rings. The number of carbonyl (C=O) groups excluding carboxylic acids is 1. The summed E-state index contributed by atoms with van der Waals surface area (Å²) in [7, 11) is 1.70. The van der Waals surface area contributed by atoms with Crippen molar-refractivity contribution < 1.29 is 27.1 Å². The predicted octanol–water partition coefficient (Wildman–Crippen LogP) is 6.17. The summed E-state index contributed by atoms with van der Waals surface area (Å²) in [6, 6.07) is 12.9. The summed E-state index contributed by atoms with van der Waals surface area (Å²) in [5.74, 6) is -0.279. The van der Waals surface area contributed by atoms with Crippen LogP contribution in [0.25, 0.3) is 11.3 Å². The second-order valence-corrected chi connectivity index (χ2v) is 7.27. The van der Waals surface area contributed by atoms with Crippen molar-refractivity contribution in [3.63, 3.8) is 0 Å². The predicted molar refractivity (Wildman–Crippen MR) is 125 cm³/mol. The first-order valence-corrected chi connectivity index (χ1v) is 10.4. The number of carbonyl (C=O) groups is 1. The van der Waals surface area contributed by atoms with Gasteiger partial charge in [0.1, 0.15) is 11.6 Å². The average Bonchev–Trinajstić information content (AvgIpc) is 2.86. The maximum Gasteiger partial charge on any atom is 0.419 e. The van der Waals surface area contributed by atoms with Gasteiger partial charge in [-0.25, -0.2) is 24.1 Å². The SMILES string of the molecule is CNc1nccc(-c2cccnc2Oc2ccc(NC(=O)Nc3ccc(F)c(C(F)(F)F)c3)cc2)n1. The number of amides is 2. The van der Waals surface area contributed by atoms with Crippen LogP contribution in [0, 0.1) is 5.82 Å². The molecular weight excluding hydrogens is 480 g/mol. The number of ether oxygens (including phenoxy) is 1. The zero-order valence-corrected chi connectivity index (χ0v) is 18.6. The van der Waals surface area contributed by atoms with E-state index in [4.69, 9.17) is 4.74 Å². The average molecular weight is 498 g/mol. The van der Waals surface area contributed by atoms with Gasteiger partial charge in [-0.3, -0.25) is 0 Å². The number of nitrogens with zero attached hydrogens (tertiary/aromatic N) is 3. The molecule has 0 saturated heterocycles. The van der Waals surface area contributed by atoms with E-state index in [0.29, 0.717) is 46.7 Å². The monoisotopic (exact) mass is 498 g/mol. The topological polar surface area (TPSA) is 101 Å². The number of hydrogen-bond acceptors (Lipinski definition) is 6. The van der Waals surface area contributed by atoms with Crippen LogP contribution >= 0.6 is 0 Å². The molecule has 4 rings (SSSR count). The number of benzene rings is 2. The summed E-state index contributed by atoms with van der Waals surface area (Å²) in [5, 5.41) is 7.59. The van der Waals surface area contributed by atoms with Crippen molar-refractivity contribution in [2.75, 3.05) is 23.0 Å². The van der Waals surface area contributed by atoms with E-state index in [-0.39, 0.29) is 5.69 Å². The minimum atomic E-state index is -4.88. The molecule has 2 heterocycles. The van der Waals surface area contributed by atoms with Gasteiger partial charge < -0.3 is 20.7 Å². The number of aromatic nitrogens is 3.